The number of allylic oxidation sites excluding steroid dienone is 1. The third-order valence-corrected chi connectivity index (χ3v) is 3.08. The standard InChI is InChI=1S/C15H13BrN4O3/c16-11(6-10-4-2-1-3-5-10)9-17-20-14(22)8-12-7-13(21)19-15(23)18-12/h1-7,9H,8H2,(H,20,22)(H2,18,19,21,23). The molecular formula is C15H13BrN4O3. The van der Waals surface area contributed by atoms with Gasteiger partial charge in [-0.25, -0.2) is 10.2 Å². The van der Waals surface area contributed by atoms with E-state index in [1.165, 1.54) is 6.21 Å². The van der Waals surface area contributed by atoms with Gasteiger partial charge < -0.3 is 4.98 Å². The van der Waals surface area contributed by atoms with E-state index < -0.39 is 17.2 Å². The summed E-state index contributed by atoms with van der Waals surface area (Å²) in [4.78, 5) is 38.3. The van der Waals surface area contributed by atoms with Crippen LogP contribution in [-0.2, 0) is 11.2 Å². The molecule has 0 fully saturated rings. The second kappa shape index (κ2) is 8.04. The monoisotopic (exact) mass is 376 g/mol. The average Bonchev–Trinajstić information content (AvgIpc) is 2.47. The minimum Gasteiger partial charge on any atom is -0.311 e. The van der Waals surface area contributed by atoms with Crippen LogP contribution >= 0.6 is 15.9 Å². The molecule has 1 aromatic heterocycles. The normalized spacial score (nSPS) is 11.6. The number of aromatic nitrogens is 2. The predicted molar refractivity (Wildman–Crippen MR) is 91.4 cm³/mol. The summed E-state index contributed by atoms with van der Waals surface area (Å²) in [6.45, 7) is 0. The first-order valence-corrected chi connectivity index (χ1v) is 7.39. The smallest absolute Gasteiger partial charge is 0.311 e. The number of aromatic amines is 2. The summed E-state index contributed by atoms with van der Waals surface area (Å²) in [6, 6.07) is 10.7. The van der Waals surface area contributed by atoms with E-state index in [1.807, 2.05) is 41.4 Å². The topological polar surface area (TPSA) is 107 Å². The lowest BCUT2D eigenvalue weighted by Crippen LogP contribution is -2.26. The Kier molecular flexibility index (Phi) is 5.81. The van der Waals surface area contributed by atoms with Crippen LogP contribution in [0, 0.1) is 0 Å². The third kappa shape index (κ3) is 5.87. The van der Waals surface area contributed by atoms with Crippen LogP contribution in [-0.4, -0.2) is 22.1 Å². The highest BCUT2D eigenvalue weighted by atomic mass is 79.9. The van der Waals surface area contributed by atoms with E-state index in [9.17, 15) is 14.4 Å². The summed E-state index contributed by atoms with van der Waals surface area (Å²) in [6.07, 6.45) is 3.12. The van der Waals surface area contributed by atoms with Crippen molar-refractivity contribution in [1.29, 1.82) is 0 Å². The highest BCUT2D eigenvalue weighted by Gasteiger charge is 2.04. The number of amides is 1. The predicted octanol–water partition coefficient (Wildman–Crippen LogP) is 1.14. The molecule has 0 aliphatic heterocycles. The molecule has 1 amide bonds. The minimum atomic E-state index is -0.655. The Bertz CT molecular complexity index is 825. The van der Waals surface area contributed by atoms with E-state index in [2.05, 4.69) is 31.4 Å². The van der Waals surface area contributed by atoms with Crippen LogP contribution < -0.4 is 16.7 Å². The summed E-state index contributed by atoms with van der Waals surface area (Å²) < 4.78 is 0.675. The zero-order chi connectivity index (χ0) is 16.7. The number of H-pyrrole nitrogens is 2. The number of nitrogens with zero attached hydrogens (tertiary/aromatic N) is 1. The molecule has 1 heterocycles. The number of rotatable bonds is 5. The van der Waals surface area contributed by atoms with Crippen molar-refractivity contribution in [2.45, 2.75) is 6.42 Å². The molecule has 2 rings (SSSR count). The first-order valence-electron chi connectivity index (χ1n) is 6.59. The van der Waals surface area contributed by atoms with Crippen LogP contribution in [0.25, 0.3) is 6.08 Å². The number of hydrazone groups is 1. The van der Waals surface area contributed by atoms with Gasteiger partial charge in [0.1, 0.15) is 0 Å². The Balaban J connectivity index is 1.92. The molecule has 8 heteroatoms. The van der Waals surface area contributed by atoms with Crippen LogP contribution in [0.4, 0.5) is 0 Å². The van der Waals surface area contributed by atoms with E-state index >= 15 is 0 Å². The number of benzene rings is 1. The van der Waals surface area contributed by atoms with E-state index in [0.29, 0.717) is 4.48 Å². The fourth-order valence-electron chi connectivity index (χ4n) is 1.74. The molecule has 0 aliphatic rings. The SMILES string of the molecule is O=C(Cc1cc(=O)[nH]c(=O)[nH]1)NN=CC(Br)=Cc1ccccc1. The fourth-order valence-corrected chi connectivity index (χ4v) is 2.11. The van der Waals surface area contributed by atoms with Gasteiger partial charge >= 0.3 is 5.69 Å². The molecule has 0 unspecified atom stereocenters. The minimum absolute atomic E-state index is 0.156. The molecule has 0 atom stereocenters. The van der Waals surface area contributed by atoms with Gasteiger partial charge in [0.15, 0.2) is 0 Å². The summed E-state index contributed by atoms with van der Waals surface area (Å²) in [5, 5.41) is 3.79. The number of hydrogen-bond acceptors (Lipinski definition) is 4. The second-order valence-electron chi connectivity index (χ2n) is 4.52. The number of carbonyl (C=O) groups excluding carboxylic acids is 1. The van der Waals surface area contributed by atoms with Gasteiger partial charge in [0.05, 0.1) is 12.6 Å². The average molecular weight is 377 g/mol. The van der Waals surface area contributed by atoms with Gasteiger partial charge in [-0.15, -0.1) is 0 Å². The van der Waals surface area contributed by atoms with Crippen LogP contribution in [0.2, 0.25) is 0 Å². The number of halogens is 1. The summed E-state index contributed by atoms with van der Waals surface area (Å²) in [7, 11) is 0. The Morgan fingerprint density at radius 2 is 1.96 bits per heavy atom. The van der Waals surface area contributed by atoms with E-state index in [1.54, 1.807) is 0 Å². The molecule has 118 valence electrons. The number of nitrogens with one attached hydrogen (secondary N) is 3. The Labute approximate surface area is 139 Å². The Morgan fingerprint density at radius 3 is 2.65 bits per heavy atom. The van der Waals surface area contributed by atoms with Crippen molar-refractivity contribution in [1.82, 2.24) is 15.4 Å². The van der Waals surface area contributed by atoms with Gasteiger partial charge in [0.25, 0.3) is 5.56 Å². The van der Waals surface area contributed by atoms with Gasteiger partial charge in [-0.2, -0.15) is 5.10 Å². The van der Waals surface area contributed by atoms with Crippen molar-refractivity contribution in [3.8, 4) is 0 Å². The maximum absolute atomic E-state index is 11.7. The molecule has 0 saturated heterocycles. The Hall–Kier alpha value is -2.74. The van der Waals surface area contributed by atoms with Crippen molar-refractivity contribution < 1.29 is 4.79 Å². The largest absolute Gasteiger partial charge is 0.325 e. The fraction of sp³-hybridized carbons (Fsp3) is 0.0667. The zero-order valence-corrected chi connectivity index (χ0v) is 13.5. The van der Waals surface area contributed by atoms with Gasteiger partial charge in [-0.3, -0.25) is 14.6 Å². The van der Waals surface area contributed by atoms with Gasteiger partial charge in [0, 0.05) is 16.2 Å². The maximum Gasteiger partial charge on any atom is 0.325 e. The van der Waals surface area contributed by atoms with Crippen LogP contribution in [0.15, 0.2) is 55.6 Å². The summed E-state index contributed by atoms with van der Waals surface area (Å²) >= 11 is 3.32. The number of hydrogen-bond donors (Lipinski definition) is 3. The highest BCUT2D eigenvalue weighted by molar-refractivity contribution is 9.12. The van der Waals surface area contributed by atoms with E-state index in [0.717, 1.165) is 11.6 Å². The lowest BCUT2D eigenvalue weighted by molar-refractivity contribution is -0.120. The number of carbonyl (C=O) groups is 1. The molecule has 1 aromatic carbocycles. The third-order valence-electron chi connectivity index (χ3n) is 2.65. The van der Waals surface area contributed by atoms with Gasteiger partial charge in [-0.1, -0.05) is 30.3 Å². The first-order chi connectivity index (χ1) is 11.0. The maximum atomic E-state index is 11.7. The van der Waals surface area contributed by atoms with Crippen molar-refractivity contribution in [3.63, 3.8) is 0 Å². The van der Waals surface area contributed by atoms with Crippen molar-refractivity contribution in [2.24, 2.45) is 5.10 Å². The van der Waals surface area contributed by atoms with Crippen molar-refractivity contribution in [3.05, 3.63) is 73.0 Å². The highest BCUT2D eigenvalue weighted by Crippen LogP contribution is 2.09. The van der Waals surface area contributed by atoms with Crippen molar-refractivity contribution in [2.75, 3.05) is 0 Å². The van der Waals surface area contributed by atoms with Crippen molar-refractivity contribution >= 4 is 34.1 Å². The van der Waals surface area contributed by atoms with Crippen LogP contribution in [0.3, 0.4) is 0 Å². The van der Waals surface area contributed by atoms with Crippen LogP contribution in [0.1, 0.15) is 11.3 Å². The van der Waals surface area contributed by atoms with Crippen LogP contribution in [0.5, 0.6) is 0 Å². The molecule has 0 radical (unpaired) electrons. The quantitative estimate of drug-likeness (QED) is 0.537. The summed E-state index contributed by atoms with van der Waals surface area (Å²) in [5.74, 6) is -0.456. The molecule has 3 N–H and O–H groups in total. The second-order valence-corrected chi connectivity index (χ2v) is 5.44. The lowest BCUT2D eigenvalue weighted by Gasteiger charge is -1.99. The zero-order valence-electron chi connectivity index (χ0n) is 11.9. The van der Waals surface area contributed by atoms with Gasteiger partial charge in [0.2, 0.25) is 5.91 Å². The molecule has 2 aromatic rings. The Morgan fingerprint density at radius 1 is 1.22 bits per heavy atom. The lowest BCUT2D eigenvalue weighted by atomic mass is 10.2. The molecule has 0 spiro atoms. The van der Waals surface area contributed by atoms with Gasteiger partial charge in [-0.05, 0) is 27.6 Å². The van der Waals surface area contributed by atoms with E-state index in [4.69, 9.17) is 0 Å². The molecule has 23 heavy (non-hydrogen) atoms. The molecule has 0 bridgehead atoms. The molecule has 0 aliphatic carbocycles. The van der Waals surface area contributed by atoms with E-state index in [-0.39, 0.29) is 12.1 Å². The molecule has 7 nitrogen and oxygen atoms in total. The summed E-state index contributed by atoms with van der Waals surface area (Å²) in [5.41, 5.74) is 2.29. The molecular weight excluding hydrogens is 364 g/mol. The molecule has 0 saturated carbocycles. The first kappa shape index (κ1) is 16.6.